The first-order valence-electron chi connectivity index (χ1n) is 8.36. The predicted molar refractivity (Wildman–Crippen MR) is 89.9 cm³/mol. The number of rotatable bonds is 7. The lowest BCUT2D eigenvalue weighted by Gasteiger charge is -2.39. The van der Waals surface area contributed by atoms with E-state index in [0.29, 0.717) is 23.4 Å². The Kier molecular flexibility index (Phi) is 4.12. The molecule has 0 bridgehead atoms. The molecule has 2 unspecified atom stereocenters. The minimum absolute atomic E-state index is 0.0537. The Morgan fingerprint density at radius 1 is 1.27 bits per heavy atom. The van der Waals surface area contributed by atoms with Crippen LogP contribution < -0.4 is 5.73 Å². The minimum atomic E-state index is -0.999. The van der Waals surface area contributed by atoms with Gasteiger partial charge in [-0.05, 0) is 13.3 Å². The quantitative estimate of drug-likeness (QED) is 0.656. The number of anilines is 1. The zero-order valence-corrected chi connectivity index (χ0v) is 15.0. The number of nitrogens with zero attached hydrogens (tertiary/aromatic N) is 4. The third-order valence-electron chi connectivity index (χ3n) is 5.50. The molecule has 2 saturated carbocycles. The van der Waals surface area contributed by atoms with Crippen molar-refractivity contribution in [3.63, 3.8) is 0 Å². The number of methoxy groups -OCH3 is 2. The van der Waals surface area contributed by atoms with E-state index in [4.69, 9.17) is 24.7 Å². The van der Waals surface area contributed by atoms with E-state index in [2.05, 4.69) is 15.0 Å². The lowest BCUT2D eigenvalue weighted by atomic mass is 9.91. The van der Waals surface area contributed by atoms with E-state index in [1.54, 1.807) is 13.4 Å². The summed E-state index contributed by atoms with van der Waals surface area (Å²) in [6.07, 6.45) is 3.07. The summed E-state index contributed by atoms with van der Waals surface area (Å²) in [5.74, 6) is 0.240. The fourth-order valence-corrected chi connectivity index (χ4v) is 4.37. The molecule has 2 aliphatic rings. The van der Waals surface area contributed by atoms with E-state index in [9.17, 15) is 5.11 Å². The van der Waals surface area contributed by atoms with E-state index in [-0.39, 0.29) is 25.5 Å². The molecule has 2 heterocycles. The topological polar surface area (TPSA) is 127 Å². The monoisotopic (exact) mass is 365 g/mol. The first-order valence-corrected chi connectivity index (χ1v) is 8.36. The van der Waals surface area contributed by atoms with E-state index in [1.165, 1.54) is 13.4 Å². The predicted octanol–water partition coefficient (Wildman–Crippen LogP) is 0.0825. The van der Waals surface area contributed by atoms with Crippen molar-refractivity contribution in [2.45, 2.75) is 36.7 Å². The molecule has 2 aliphatic carbocycles. The molecule has 2 aromatic heterocycles. The number of nitrogens with two attached hydrogens (primary N) is 1. The summed E-state index contributed by atoms with van der Waals surface area (Å²) in [7, 11) is 3.09. The van der Waals surface area contributed by atoms with Crippen molar-refractivity contribution in [1.82, 2.24) is 19.5 Å². The van der Waals surface area contributed by atoms with Crippen molar-refractivity contribution in [3.05, 3.63) is 12.7 Å². The molecule has 0 saturated heterocycles. The molecule has 0 radical (unpaired) electrons. The number of fused-ring (bicyclic) bond motifs is 2. The molecule has 5 atom stereocenters. The summed E-state index contributed by atoms with van der Waals surface area (Å²) >= 11 is 0. The van der Waals surface area contributed by atoms with Gasteiger partial charge in [-0.3, -0.25) is 0 Å². The van der Waals surface area contributed by atoms with Crippen LogP contribution in [0.2, 0.25) is 0 Å². The molecule has 0 aromatic carbocycles. The molecular weight excluding hydrogens is 342 g/mol. The van der Waals surface area contributed by atoms with Crippen LogP contribution in [0, 0.1) is 5.92 Å². The van der Waals surface area contributed by atoms with Gasteiger partial charge in [0.2, 0.25) is 0 Å². The molecule has 3 N–H and O–H groups in total. The van der Waals surface area contributed by atoms with Crippen LogP contribution in [0.1, 0.15) is 19.4 Å². The number of nitrogen functional groups attached to an aromatic ring is 1. The second-order valence-corrected chi connectivity index (χ2v) is 7.02. The van der Waals surface area contributed by atoms with E-state index >= 15 is 0 Å². The Bertz CT molecular complexity index is 815. The highest BCUT2D eigenvalue weighted by atomic mass is 16.7. The summed E-state index contributed by atoms with van der Waals surface area (Å²) in [4.78, 5) is 12.7. The molecule has 4 rings (SSSR count). The second-order valence-electron chi connectivity index (χ2n) is 7.02. The van der Waals surface area contributed by atoms with Gasteiger partial charge in [-0.2, -0.15) is 0 Å². The Hall–Kier alpha value is -1.85. The normalized spacial score (nSPS) is 35.8. The van der Waals surface area contributed by atoms with Gasteiger partial charge in [0.05, 0.1) is 18.0 Å². The smallest absolute Gasteiger partial charge is 0.165 e. The summed E-state index contributed by atoms with van der Waals surface area (Å²) in [5.41, 5.74) is 5.15. The number of ether oxygens (including phenoxy) is 4. The van der Waals surface area contributed by atoms with Gasteiger partial charge in [-0.25, -0.2) is 15.0 Å². The molecule has 142 valence electrons. The van der Waals surface area contributed by atoms with Gasteiger partial charge >= 0.3 is 0 Å². The van der Waals surface area contributed by atoms with Gasteiger partial charge in [0.15, 0.2) is 11.5 Å². The molecule has 10 nitrogen and oxygen atoms in total. The van der Waals surface area contributed by atoms with Crippen LogP contribution in [0.5, 0.6) is 0 Å². The van der Waals surface area contributed by atoms with Crippen LogP contribution in [0.15, 0.2) is 12.7 Å². The average Bonchev–Trinajstić information content (AvgIpc) is 3.01. The highest BCUT2D eigenvalue weighted by Crippen LogP contribution is 2.66. The van der Waals surface area contributed by atoms with Crippen molar-refractivity contribution in [2.75, 3.05) is 33.5 Å². The van der Waals surface area contributed by atoms with Crippen LogP contribution in [0.3, 0.4) is 0 Å². The Balaban J connectivity index is 1.79. The lowest BCUT2D eigenvalue weighted by molar-refractivity contribution is -0.226. The van der Waals surface area contributed by atoms with Crippen molar-refractivity contribution in [2.24, 2.45) is 5.92 Å². The summed E-state index contributed by atoms with van der Waals surface area (Å²) in [6.45, 7) is 2.02. The number of aromatic nitrogens is 4. The van der Waals surface area contributed by atoms with Gasteiger partial charge in [-0.15, -0.1) is 0 Å². The zero-order chi connectivity index (χ0) is 18.5. The third kappa shape index (κ3) is 2.33. The molecular formula is C16H23N5O5. The fourth-order valence-electron chi connectivity index (χ4n) is 4.37. The summed E-state index contributed by atoms with van der Waals surface area (Å²) in [6, 6.07) is -0.260. The van der Waals surface area contributed by atoms with E-state index < -0.39 is 17.3 Å². The second kappa shape index (κ2) is 6.10. The standard InChI is InChI=1S/C16H23N5O5/c1-15(26-8-24-3)11(9-4-16(9,22)14(15)25-7-23-2)21-6-20-10-12(17)18-5-19-13(10)21/h5-6,9,11,14,22H,4,7-8H2,1-3H3,(H2,17,18,19)/t9?,11-,14?,15-,16+/m1/s1. The van der Waals surface area contributed by atoms with Gasteiger partial charge in [0, 0.05) is 20.1 Å². The van der Waals surface area contributed by atoms with Crippen LogP contribution in [-0.4, -0.2) is 69.7 Å². The molecule has 2 fully saturated rings. The molecule has 2 aromatic rings. The van der Waals surface area contributed by atoms with Crippen LogP contribution in [0.4, 0.5) is 5.82 Å². The van der Waals surface area contributed by atoms with Crippen molar-refractivity contribution < 1.29 is 24.1 Å². The molecule has 0 aliphatic heterocycles. The van der Waals surface area contributed by atoms with Gasteiger partial charge < -0.3 is 34.4 Å². The Morgan fingerprint density at radius 2 is 2.04 bits per heavy atom. The number of aliphatic hydroxyl groups is 1. The molecule has 26 heavy (non-hydrogen) atoms. The maximum Gasteiger partial charge on any atom is 0.165 e. The van der Waals surface area contributed by atoms with Crippen LogP contribution in [0.25, 0.3) is 11.2 Å². The maximum atomic E-state index is 11.1. The Labute approximate surface area is 150 Å². The average molecular weight is 365 g/mol. The van der Waals surface area contributed by atoms with Gasteiger partial charge in [0.1, 0.15) is 37.1 Å². The van der Waals surface area contributed by atoms with E-state index in [1.807, 2.05) is 11.5 Å². The number of imidazole rings is 1. The zero-order valence-electron chi connectivity index (χ0n) is 15.0. The van der Waals surface area contributed by atoms with Crippen LogP contribution >= 0.6 is 0 Å². The SMILES string of the molecule is COCOC1[C@]2(O)CC2[C@@H](n2cnc3c(N)ncnc32)[C@@]1(C)OCOC. The first kappa shape index (κ1) is 17.6. The number of hydrogen-bond donors (Lipinski definition) is 2. The maximum absolute atomic E-state index is 11.1. The minimum Gasteiger partial charge on any atom is -0.387 e. The summed E-state index contributed by atoms with van der Waals surface area (Å²) < 4.78 is 23.9. The van der Waals surface area contributed by atoms with E-state index in [0.717, 1.165) is 0 Å². The van der Waals surface area contributed by atoms with Crippen molar-refractivity contribution in [3.8, 4) is 0 Å². The van der Waals surface area contributed by atoms with Crippen molar-refractivity contribution in [1.29, 1.82) is 0 Å². The Morgan fingerprint density at radius 3 is 2.77 bits per heavy atom. The first-order chi connectivity index (χ1) is 12.5. The number of hydrogen-bond acceptors (Lipinski definition) is 9. The van der Waals surface area contributed by atoms with Gasteiger partial charge in [0.25, 0.3) is 0 Å². The fraction of sp³-hybridized carbons (Fsp3) is 0.688. The largest absolute Gasteiger partial charge is 0.387 e. The molecule has 10 heteroatoms. The van der Waals surface area contributed by atoms with Crippen LogP contribution in [-0.2, 0) is 18.9 Å². The highest BCUT2D eigenvalue weighted by molar-refractivity contribution is 5.81. The third-order valence-corrected chi connectivity index (χ3v) is 5.50. The summed E-state index contributed by atoms with van der Waals surface area (Å²) in [5, 5.41) is 11.1. The molecule has 0 spiro atoms. The highest BCUT2D eigenvalue weighted by Gasteiger charge is 2.77. The van der Waals surface area contributed by atoms with Crippen molar-refractivity contribution >= 4 is 17.0 Å². The van der Waals surface area contributed by atoms with Gasteiger partial charge in [-0.1, -0.05) is 0 Å². The molecule has 0 amide bonds. The lowest BCUT2D eigenvalue weighted by Crippen LogP contribution is -2.51.